The van der Waals surface area contributed by atoms with Crippen LogP contribution in [0, 0.1) is 0 Å². The smallest absolute Gasteiger partial charge is 0.115 e. The Bertz CT molecular complexity index is 3340. The van der Waals surface area contributed by atoms with Gasteiger partial charge in [0.05, 0.1) is 11.1 Å². The van der Waals surface area contributed by atoms with Crippen molar-refractivity contribution in [3.05, 3.63) is 210 Å². The van der Waals surface area contributed by atoms with Crippen molar-refractivity contribution >= 4 is 145 Å². The molecule has 11 rings (SSSR count). The van der Waals surface area contributed by atoms with Crippen LogP contribution < -0.4 is 48.6 Å². The van der Waals surface area contributed by atoms with E-state index in [2.05, 4.69) is 72.8 Å². The topological polar surface area (TPSA) is 3.24 Å². The van der Waals surface area contributed by atoms with Crippen LogP contribution in [0.3, 0.4) is 0 Å². The van der Waals surface area contributed by atoms with Crippen molar-refractivity contribution in [2.75, 3.05) is 4.90 Å². The van der Waals surface area contributed by atoms with Crippen LogP contribution in [-0.4, -0.2) is 62.8 Å². The molecule has 66 heavy (non-hydrogen) atoms. The molecule has 1 aliphatic rings. The molecule has 0 atom stereocenters. The van der Waals surface area contributed by atoms with Crippen molar-refractivity contribution in [2.45, 2.75) is 5.41 Å². The highest BCUT2D eigenvalue weighted by Crippen LogP contribution is 2.59. The van der Waals surface area contributed by atoms with Crippen molar-refractivity contribution in [1.29, 1.82) is 0 Å². The quantitative estimate of drug-likeness (QED) is 0.192. The van der Waals surface area contributed by atoms with Gasteiger partial charge in [0, 0.05) is 16.9 Å². The number of benzene rings is 10. The zero-order valence-electron chi connectivity index (χ0n) is 36.0. The Morgan fingerprint density at radius 1 is 0.288 bits per heavy atom. The van der Waals surface area contributed by atoms with Gasteiger partial charge in [-0.2, -0.15) is 0 Å². The Morgan fingerprint density at radius 3 is 1.14 bits per heavy atom. The standard InChI is InChI=1S/C57H31B8N/c58-47-45(38-27-13-18-32-16-7-9-24-36(32)38)48(59)52(63)55(51(47)62)66(56-53(64)49(60)46(50(61)54(56)65)39-28-14-19-33-17-8-10-25-37(33)39)43-31-15-30-42-44(43)40-26-11-12-29-41(40)57(42,34-20-3-1-4-21-34)35-22-5-2-6-23-35/h1-31H. The highest BCUT2D eigenvalue weighted by molar-refractivity contribution is 6.66. The number of anilines is 3. The number of fused-ring (bicyclic) bond motifs is 5. The summed E-state index contributed by atoms with van der Waals surface area (Å²) in [5.41, 5.74) is 10.8. The summed E-state index contributed by atoms with van der Waals surface area (Å²) in [4.78, 5) is 1.87. The van der Waals surface area contributed by atoms with E-state index in [1.54, 1.807) is 0 Å². The third kappa shape index (κ3) is 6.05. The largest absolute Gasteiger partial charge is 0.312 e. The first kappa shape index (κ1) is 41.7. The van der Waals surface area contributed by atoms with E-state index >= 15 is 0 Å². The van der Waals surface area contributed by atoms with E-state index in [0.29, 0.717) is 16.8 Å². The molecule has 288 valence electrons. The van der Waals surface area contributed by atoms with Crippen molar-refractivity contribution in [3.63, 3.8) is 0 Å². The van der Waals surface area contributed by atoms with Crippen LogP contribution in [-0.2, 0) is 5.41 Å². The van der Waals surface area contributed by atoms with Crippen LogP contribution >= 0.6 is 0 Å². The Labute approximate surface area is 397 Å². The van der Waals surface area contributed by atoms with Gasteiger partial charge in [-0.3, -0.25) is 0 Å². The average Bonchev–Trinajstić information content (AvgIpc) is 3.67. The summed E-state index contributed by atoms with van der Waals surface area (Å²) in [6, 6.07) is 63.7. The van der Waals surface area contributed by atoms with Crippen LogP contribution in [0.15, 0.2) is 188 Å². The van der Waals surface area contributed by atoms with Gasteiger partial charge in [0.15, 0.2) is 0 Å². The van der Waals surface area contributed by atoms with Gasteiger partial charge in [-0.1, -0.05) is 226 Å². The third-order valence-corrected chi connectivity index (χ3v) is 13.5. The lowest BCUT2D eigenvalue weighted by Gasteiger charge is -2.38. The summed E-state index contributed by atoms with van der Waals surface area (Å²) in [7, 11) is 58.6. The molecule has 0 spiro atoms. The van der Waals surface area contributed by atoms with Gasteiger partial charge < -0.3 is 4.90 Å². The van der Waals surface area contributed by atoms with Crippen LogP contribution in [0.25, 0.3) is 54.9 Å². The van der Waals surface area contributed by atoms with E-state index in [9.17, 15) is 0 Å². The lowest BCUT2D eigenvalue weighted by molar-refractivity contribution is 0.768. The second-order valence-corrected chi connectivity index (χ2v) is 16.9. The van der Waals surface area contributed by atoms with Crippen LogP contribution in [0.2, 0.25) is 0 Å². The summed E-state index contributed by atoms with van der Waals surface area (Å²) in [6.07, 6.45) is 0. The number of nitrogens with zero attached hydrogens (tertiary/aromatic N) is 1. The van der Waals surface area contributed by atoms with E-state index in [-0.39, 0.29) is 55.1 Å². The molecule has 0 saturated carbocycles. The molecule has 0 bridgehead atoms. The van der Waals surface area contributed by atoms with Crippen LogP contribution in [0.1, 0.15) is 22.3 Å². The van der Waals surface area contributed by atoms with E-state index in [1.165, 1.54) is 0 Å². The van der Waals surface area contributed by atoms with Crippen molar-refractivity contribution in [2.24, 2.45) is 0 Å². The predicted octanol–water partition coefficient (Wildman–Crippen LogP) is 5.51. The molecular formula is C57H31B8N. The molecule has 0 saturated heterocycles. The normalized spacial score (nSPS) is 12.5. The number of rotatable bonds is 7. The van der Waals surface area contributed by atoms with Crippen LogP contribution in [0.5, 0.6) is 0 Å². The highest BCUT2D eigenvalue weighted by atomic mass is 15.2. The molecule has 0 amide bonds. The Kier molecular flexibility index (Phi) is 10.2. The zero-order chi connectivity index (χ0) is 45.4. The van der Waals surface area contributed by atoms with E-state index in [1.807, 2.05) is 120 Å². The lowest BCUT2D eigenvalue weighted by Crippen LogP contribution is -2.50. The molecule has 0 N–H and O–H groups in total. The first-order chi connectivity index (χ1) is 32.1. The first-order valence-electron chi connectivity index (χ1n) is 21.8. The molecule has 9 heteroatoms. The fourth-order valence-electron chi connectivity index (χ4n) is 10.6. The minimum Gasteiger partial charge on any atom is -0.312 e. The number of hydrogen-bond acceptors (Lipinski definition) is 1. The summed E-state index contributed by atoms with van der Waals surface area (Å²) in [5.74, 6) is 0. The van der Waals surface area contributed by atoms with Gasteiger partial charge in [-0.05, 0) is 77.7 Å². The molecular weight excluding hydrogens is 785 g/mol. The van der Waals surface area contributed by atoms with Crippen molar-refractivity contribution in [1.82, 2.24) is 0 Å². The summed E-state index contributed by atoms with van der Waals surface area (Å²) >= 11 is 0. The second kappa shape index (κ2) is 16.2. The van der Waals surface area contributed by atoms with E-state index < -0.39 is 5.41 Å². The van der Waals surface area contributed by atoms with Gasteiger partial charge >= 0.3 is 0 Å². The average molecular weight is 816 g/mol. The summed E-state index contributed by atoms with van der Waals surface area (Å²) in [6.45, 7) is 0. The molecule has 1 aliphatic carbocycles. The molecule has 1 nitrogen and oxygen atoms in total. The maximum atomic E-state index is 7.40. The molecule has 0 aromatic heterocycles. The predicted molar refractivity (Wildman–Crippen MR) is 287 cm³/mol. The number of hydrogen-bond donors (Lipinski definition) is 0. The minimum absolute atomic E-state index is 0.167. The second-order valence-electron chi connectivity index (χ2n) is 16.9. The van der Waals surface area contributed by atoms with E-state index in [0.717, 1.165) is 66.1 Å². The zero-order valence-corrected chi connectivity index (χ0v) is 36.0. The monoisotopic (exact) mass is 817 g/mol. The molecule has 0 aliphatic heterocycles. The molecule has 0 unspecified atom stereocenters. The van der Waals surface area contributed by atoms with Gasteiger partial charge in [-0.25, -0.2) is 0 Å². The van der Waals surface area contributed by atoms with Crippen molar-refractivity contribution < 1.29 is 0 Å². The third-order valence-electron chi connectivity index (χ3n) is 13.5. The van der Waals surface area contributed by atoms with Crippen molar-refractivity contribution in [3.8, 4) is 33.4 Å². The minimum atomic E-state index is -0.753. The van der Waals surface area contributed by atoms with Gasteiger partial charge in [0.1, 0.15) is 62.8 Å². The molecule has 0 fully saturated rings. The highest BCUT2D eigenvalue weighted by Gasteiger charge is 2.47. The summed E-state index contributed by atoms with van der Waals surface area (Å²) < 4.78 is 0. The van der Waals surface area contributed by atoms with E-state index in [4.69, 9.17) is 62.8 Å². The van der Waals surface area contributed by atoms with Gasteiger partial charge in [0.2, 0.25) is 0 Å². The molecule has 10 aromatic carbocycles. The van der Waals surface area contributed by atoms with Gasteiger partial charge in [0.25, 0.3) is 0 Å². The fraction of sp³-hybridized carbons (Fsp3) is 0.0175. The molecule has 10 aromatic rings. The maximum absolute atomic E-state index is 7.40. The Morgan fingerprint density at radius 2 is 0.652 bits per heavy atom. The molecule has 16 radical (unpaired) electrons. The first-order valence-corrected chi connectivity index (χ1v) is 21.8. The molecule has 0 heterocycles. The maximum Gasteiger partial charge on any atom is 0.115 e. The summed E-state index contributed by atoms with van der Waals surface area (Å²) in [5, 5.41) is 3.90. The van der Waals surface area contributed by atoms with Crippen LogP contribution in [0.4, 0.5) is 17.1 Å². The SMILES string of the molecule is [B]c1c([B])c(N(c2cccc3c2-c2ccccc2C3(c2ccccc2)c2ccccc2)c2c([B])c([B])c(-c3cccc4ccccc34)c([B])c2[B])c([B])c([B])c1-c1cccc2ccccc12. The Balaban J connectivity index is 1.27. The Hall–Kier alpha value is -6.96. The lowest BCUT2D eigenvalue weighted by atomic mass is 9.62. The fourth-order valence-corrected chi connectivity index (χ4v) is 10.6. The van der Waals surface area contributed by atoms with Gasteiger partial charge in [-0.15, -0.1) is 0 Å².